The molecule has 1 aliphatic rings. The second-order valence-corrected chi connectivity index (χ2v) is 5.14. The van der Waals surface area contributed by atoms with E-state index in [2.05, 4.69) is 10.2 Å². The molecule has 0 aliphatic carbocycles. The highest BCUT2D eigenvalue weighted by molar-refractivity contribution is 5.85. The number of rotatable bonds is 6. The average molecular weight is 316 g/mol. The Kier molecular flexibility index (Phi) is 11.9. The van der Waals surface area contributed by atoms with Gasteiger partial charge in [0.05, 0.1) is 18.8 Å². The summed E-state index contributed by atoms with van der Waals surface area (Å²) < 4.78 is 5.28. The molecular formula is C12H27Cl2N3O2. The van der Waals surface area contributed by atoms with Crippen molar-refractivity contribution >= 4 is 30.7 Å². The topological polar surface area (TPSA) is 67.6 Å². The van der Waals surface area contributed by atoms with Gasteiger partial charge in [0.15, 0.2) is 0 Å². The van der Waals surface area contributed by atoms with Crippen LogP contribution in [0.4, 0.5) is 0 Å². The smallest absolute Gasteiger partial charge is 0.239 e. The SMILES string of the molecule is CC(C)(N)C(=O)NCCCCN1CCOCC1.Cl.Cl. The molecule has 0 bridgehead atoms. The molecule has 1 fully saturated rings. The third kappa shape index (κ3) is 9.46. The van der Waals surface area contributed by atoms with E-state index in [1.54, 1.807) is 13.8 Å². The van der Waals surface area contributed by atoms with Crippen molar-refractivity contribution in [2.24, 2.45) is 5.73 Å². The van der Waals surface area contributed by atoms with Gasteiger partial charge in [-0.15, -0.1) is 24.8 Å². The van der Waals surface area contributed by atoms with Crippen LogP contribution in [0.1, 0.15) is 26.7 Å². The van der Waals surface area contributed by atoms with Crippen LogP contribution in [-0.2, 0) is 9.53 Å². The lowest BCUT2D eigenvalue weighted by Crippen LogP contribution is -2.49. The van der Waals surface area contributed by atoms with E-state index in [9.17, 15) is 4.79 Å². The third-order valence-corrected chi connectivity index (χ3v) is 2.88. The number of nitrogens with two attached hydrogens (primary N) is 1. The van der Waals surface area contributed by atoms with Crippen LogP contribution in [0.3, 0.4) is 0 Å². The fourth-order valence-corrected chi connectivity index (χ4v) is 1.71. The van der Waals surface area contributed by atoms with Gasteiger partial charge in [0.1, 0.15) is 0 Å². The molecule has 3 N–H and O–H groups in total. The highest BCUT2D eigenvalue weighted by Gasteiger charge is 2.20. The summed E-state index contributed by atoms with van der Waals surface area (Å²) in [6.45, 7) is 8.99. The maximum absolute atomic E-state index is 11.5. The van der Waals surface area contributed by atoms with Crippen molar-refractivity contribution in [3.63, 3.8) is 0 Å². The van der Waals surface area contributed by atoms with Gasteiger partial charge < -0.3 is 15.8 Å². The number of ether oxygens (including phenoxy) is 1. The zero-order chi connectivity index (χ0) is 12.7. The molecule has 5 nitrogen and oxygen atoms in total. The standard InChI is InChI=1S/C12H25N3O2.2ClH/c1-12(2,13)11(16)14-5-3-4-6-15-7-9-17-10-8-15;;/h3-10,13H2,1-2H3,(H,14,16);2*1H. The number of carbonyl (C=O) groups excluding carboxylic acids is 1. The highest BCUT2D eigenvalue weighted by Crippen LogP contribution is 2.00. The van der Waals surface area contributed by atoms with Crippen molar-refractivity contribution in [1.82, 2.24) is 10.2 Å². The fourth-order valence-electron chi connectivity index (χ4n) is 1.71. The Morgan fingerprint density at radius 2 is 1.84 bits per heavy atom. The normalized spacial score (nSPS) is 16.2. The van der Waals surface area contributed by atoms with Crippen LogP contribution >= 0.6 is 24.8 Å². The van der Waals surface area contributed by atoms with E-state index in [1.807, 2.05) is 0 Å². The van der Waals surface area contributed by atoms with Gasteiger partial charge in [-0.3, -0.25) is 9.69 Å². The molecule has 1 rings (SSSR count). The molecule has 1 amide bonds. The predicted molar refractivity (Wildman–Crippen MR) is 82.3 cm³/mol. The van der Waals surface area contributed by atoms with Gasteiger partial charge in [0.25, 0.3) is 0 Å². The summed E-state index contributed by atoms with van der Waals surface area (Å²) in [5.74, 6) is -0.0797. The third-order valence-electron chi connectivity index (χ3n) is 2.88. The number of carbonyl (C=O) groups is 1. The predicted octanol–water partition coefficient (Wildman–Crippen LogP) is 0.796. The van der Waals surface area contributed by atoms with Gasteiger partial charge in [0, 0.05) is 19.6 Å². The Morgan fingerprint density at radius 1 is 1.26 bits per heavy atom. The number of halogens is 2. The molecule has 7 heteroatoms. The Labute approximate surface area is 128 Å². The second kappa shape index (κ2) is 10.7. The van der Waals surface area contributed by atoms with Crippen LogP contribution in [-0.4, -0.2) is 55.7 Å². The number of hydrogen-bond donors (Lipinski definition) is 2. The Morgan fingerprint density at radius 3 is 2.37 bits per heavy atom. The molecule has 0 saturated carbocycles. The van der Waals surface area contributed by atoms with Crippen molar-refractivity contribution in [2.75, 3.05) is 39.4 Å². The molecule has 0 spiro atoms. The molecule has 19 heavy (non-hydrogen) atoms. The second-order valence-electron chi connectivity index (χ2n) is 5.14. The largest absolute Gasteiger partial charge is 0.379 e. The molecule has 0 atom stereocenters. The van der Waals surface area contributed by atoms with E-state index >= 15 is 0 Å². The van der Waals surface area contributed by atoms with Crippen molar-refractivity contribution in [3.05, 3.63) is 0 Å². The molecule has 0 aromatic rings. The maximum atomic E-state index is 11.5. The number of morpholine rings is 1. The maximum Gasteiger partial charge on any atom is 0.239 e. The van der Waals surface area contributed by atoms with Crippen molar-refractivity contribution < 1.29 is 9.53 Å². The Balaban J connectivity index is 0. The van der Waals surface area contributed by atoms with Crippen molar-refractivity contribution in [1.29, 1.82) is 0 Å². The fraction of sp³-hybridized carbons (Fsp3) is 0.917. The zero-order valence-electron chi connectivity index (χ0n) is 11.8. The highest BCUT2D eigenvalue weighted by atomic mass is 35.5. The van der Waals surface area contributed by atoms with Gasteiger partial charge >= 0.3 is 0 Å². The van der Waals surface area contributed by atoms with E-state index in [1.165, 1.54) is 0 Å². The van der Waals surface area contributed by atoms with Crippen LogP contribution in [0.5, 0.6) is 0 Å². The summed E-state index contributed by atoms with van der Waals surface area (Å²) in [7, 11) is 0. The summed E-state index contributed by atoms with van der Waals surface area (Å²) in [6, 6.07) is 0. The first-order valence-corrected chi connectivity index (χ1v) is 6.37. The summed E-state index contributed by atoms with van der Waals surface area (Å²) in [5.41, 5.74) is 4.90. The molecule has 0 radical (unpaired) electrons. The Bertz CT molecular complexity index is 242. The minimum atomic E-state index is -0.774. The summed E-state index contributed by atoms with van der Waals surface area (Å²) in [5, 5.41) is 2.85. The molecule has 1 heterocycles. The van der Waals surface area contributed by atoms with Crippen molar-refractivity contribution in [2.45, 2.75) is 32.2 Å². The van der Waals surface area contributed by atoms with Gasteiger partial charge in [-0.25, -0.2) is 0 Å². The average Bonchev–Trinajstić information content (AvgIpc) is 2.28. The molecule has 1 saturated heterocycles. The minimum Gasteiger partial charge on any atom is -0.379 e. The molecule has 1 aliphatic heterocycles. The number of hydrogen-bond acceptors (Lipinski definition) is 4. The lowest BCUT2D eigenvalue weighted by Gasteiger charge is -2.26. The minimum absolute atomic E-state index is 0. The molecule has 0 aromatic heterocycles. The van der Waals surface area contributed by atoms with Crippen LogP contribution < -0.4 is 11.1 Å². The van der Waals surface area contributed by atoms with Gasteiger partial charge in [0.2, 0.25) is 5.91 Å². The van der Waals surface area contributed by atoms with E-state index < -0.39 is 5.54 Å². The van der Waals surface area contributed by atoms with Crippen LogP contribution in [0, 0.1) is 0 Å². The molecule has 0 aromatic carbocycles. The lowest BCUT2D eigenvalue weighted by molar-refractivity contribution is -0.125. The Hall–Kier alpha value is -0.0700. The molecule has 116 valence electrons. The number of nitrogens with one attached hydrogen (secondary N) is 1. The lowest BCUT2D eigenvalue weighted by atomic mass is 10.1. The quantitative estimate of drug-likeness (QED) is 0.711. The summed E-state index contributed by atoms with van der Waals surface area (Å²) >= 11 is 0. The van der Waals surface area contributed by atoms with E-state index in [-0.39, 0.29) is 30.7 Å². The van der Waals surface area contributed by atoms with Crippen LogP contribution in [0.25, 0.3) is 0 Å². The van der Waals surface area contributed by atoms with E-state index in [0.717, 1.165) is 45.7 Å². The van der Waals surface area contributed by atoms with E-state index in [4.69, 9.17) is 10.5 Å². The first-order valence-electron chi connectivity index (χ1n) is 6.37. The number of unbranched alkanes of at least 4 members (excludes halogenated alkanes) is 1. The molecular weight excluding hydrogens is 289 g/mol. The number of amides is 1. The summed E-state index contributed by atoms with van der Waals surface area (Å²) in [6.07, 6.45) is 2.10. The zero-order valence-corrected chi connectivity index (χ0v) is 13.4. The summed E-state index contributed by atoms with van der Waals surface area (Å²) in [4.78, 5) is 13.9. The van der Waals surface area contributed by atoms with Gasteiger partial charge in [-0.2, -0.15) is 0 Å². The number of nitrogens with zero attached hydrogens (tertiary/aromatic N) is 1. The first kappa shape index (κ1) is 21.2. The van der Waals surface area contributed by atoms with Gasteiger partial charge in [-0.05, 0) is 33.2 Å². The first-order chi connectivity index (χ1) is 8.00. The van der Waals surface area contributed by atoms with Crippen molar-refractivity contribution in [3.8, 4) is 0 Å². The molecule has 0 unspecified atom stereocenters. The van der Waals surface area contributed by atoms with Crippen LogP contribution in [0.15, 0.2) is 0 Å². The van der Waals surface area contributed by atoms with Gasteiger partial charge in [-0.1, -0.05) is 0 Å². The monoisotopic (exact) mass is 315 g/mol. The van der Waals surface area contributed by atoms with E-state index in [0.29, 0.717) is 6.54 Å². The van der Waals surface area contributed by atoms with Crippen LogP contribution in [0.2, 0.25) is 0 Å².